The van der Waals surface area contributed by atoms with Crippen LogP contribution in [0.4, 0.5) is 0 Å². The minimum Gasteiger partial charge on any atom is -0.304 e. The first-order chi connectivity index (χ1) is 4.88. The standard InChI is InChI=1S/C8H7NS/c9-7-2-1-3-8-6(7)4-5-10-8/h1,3-5,9H,2H2. The van der Waals surface area contributed by atoms with Gasteiger partial charge in [-0.3, -0.25) is 0 Å². The van der Waals surface area contributed by atoms with Gasteiger partial charge in [0.2, 0.25) is 0 Å². The van der Waals surface area contributed by atoms with Gasteiger partial charge in [-0.25, -0.2) is 0 Å². The Balaban J connectivity index is 2.62. The van der Waals surface area contributed by atoms with Crippen LogP contribution in [0.5, 0.6) is 0 Å². The number of rotatable bonds is 0. The van der Waals surface area contributed by atoms with Crippen molar-refractivity contribution in [2.24, 2.45) is 0 Å². The summed E-state index contributed by atoms with van der Waals surface area (Å²) in [5.74, 6) is 0. The molecule has 0 radical (unpaired) electrons. The second-order valence-corrected chi connectivity index (χ2v) is 3.23. The summed E-state index contributed by atoms with van der Waals surface area (Å²) in [6.45, 7) is 0. The van der Waals surface area contributed by atoms with Gasteiger partial charge in [0.1, 0.15) is 0 Å². The number of thiophene rings is 1. The third-order valence-electron chi connectivity index (χ3n) is 1.61. The van der Waals surface area contributed by atoms with Crippen molar-refractivity contribution in [1.82, 2.24) is 0 Å². The highest BCUT2D eigenvalue weighted by molar-refractivity contribution is 7.11. The summed E-state index contributed by atoms with van der Waals surface area (Å²) in [4.78, 5) is 1.23. The summed E-state index contributed by atoms with van der Waals surface area (Å²) in [6, 6.07) is 2.02. The van der Waals surface area contributed by atoms with Crippen LogP contribution in [0.3, 0.4) is 0 Å². The van der Waals surface area contributed by atoms with Crippen molar-refractivity contribution in [1.29, 1.82) is 5.41 Å². The SMILES string of the molecule is N=C1CC=Cc2sccc21. The molecule has 2 heteroatoms. The summed E-state index contributed by atoms with van der Waals surface area (Å²) in [5, 5.41) is 9.58. The van der Waals surface area contributed by atoms with Gasteiger partial charge in [-0.2, -0.15) is 0 Å². The molecule has 0 saturated heterocycles. The molecule has 1 aliphatic carbocycles. The van der Waals surface area contributed by atoms with Gasteiger partial charge in [0.15, 0.2) is 0 Å². The molecule has 0 aromatic carbocycles. The molecule has 50 valence electrons. The minimum absolute atomic E-state index is 0.749. The van der Waals surface area contributed by atoms with Crippen molar-refractivity contribution < 1.29 is 0 Å². The largest absolute Gasteiger partial charge is 0.304 e. The average molecular weight is 149 g/mol. The van der Waals surface area contributed by atoms with E-state index in [2.05, 4.69) is 6.08 Å². The van der Waals surface area contributed by atoms with E-state index in [0.29, 0.717) is 0 Å². The van der Waals surface area contributed by atoms with Crippen molar-refractivity contribution >= 4 is 23.1 Å². The Kier molecular flexibility index (Phi) is 1.21. The highest BCUT2D eigenvalue weighted by Crippen LogP contribution is 2.23. The summed E-state index contributed by atoms with van der Waals surface area (Å²) in [5.41, 5.74) is 1.87. The highest BCUT2D eigenvalue weighted by Gasteiger charge is 2.09. The molecule has 1 aromatic rings. The molecule has 1 nitrogen and oxygen atoms in total. The van der Waals surface area contributed by atoms with E-state index in [1.54, 1.807) is 11.3 Å². The zero-order valence-electron chi connectivity index (χ0n) is 5.42. The summed E-state index contributed by atoms with van der Waals surface area (Å²) in [6.07, 6.45) is 4.93. The average Bonchev–Trinajstić information content (AvgIpc) is 2.36. The van der Waals surface area contributed by atoms with E-state index in [4.69, 9.17) is 5.41 Å². The molecular formula is C8H7NS. The van der Waals surface area contributed by atoms with Crippen LogP contribution < -0.4 is 0 Å². The predicted octanol–water partition coefficient (Wildman–Crippen LogP) is 2.53. The van der Waals surface area contributed by atoms with Gasteiger partial charge >= 0.3 is 0 Å². The van der Waals surface area contributed by atoms with Gasteiger partial charge in [0.25, 0.3) is 0 Å². The van der Waals surface area contributed by atoms with Gasteiger partial charge in [0.05, 0.1) is 0 Å². The van der Waals surface area contributed by atoms with Crippen molar-refractivity contribution in [3.63, 3.8) is 0 Å². The lowest BCUT2D eigenvalue weighted by atomic mass is 10.0. The molecule has 1 aromatic heterocycles. The zero-order valence-corrected chi connectivity index (χ0v) is 6.24. The lowest BCUT2D eigenvalue weighted by Gasteiger charge is -2.04. The first-order valence-corrected chi connectivity index (χ1v) is 4.08. The maximum Gasteiger partial charge on any atom is 0.0438 e. The topological polar surface area (TPSA) is 23.9 Å². The van der Waals surface area contributed by atoms with Crippen LogP contribution in [0.2, 0.25) is 0 Å². The van der Waals surface area contributed by atoms with Gasteiger partial charge in [-0.15, -0.1) is 11.3 Å². The van der Waals surface area contributed by atoms with Crippen molar-refractivity contribution in [2.45, 2.75) is 6.42 Å². The third kappa shape index (κ3) is 0.727. The maximum atomic E-state index is 7.54. The van der Waals surface area contributed by atoms with Gasteiger partial charge in [-0.1, -0.05) is 6.08 Å². The lowest BCUT2D eigenvalue weighted by molar-refractivity contribution is 1.35. The van der Waals surface area contributed by atoms with Crippen molar-refractivity contribution in [2.75, 3.05) is 0 Å². The van der Waals surface area contributed by atoms with E-state index in [1.165, 1.54) is 4.88 Å². The number of allylic oxidation sites excluding steroid dienone is 1. The molecule has 0 fully saturated rings. The van der Waals surface area contributed by atoms with Crippen LogP contribution >= 0.6 is 11.3 Å². The number of hydrogen-bond donors (Lipinski definition) is 1. The zero-order chi connectivity index (χ0) is 6.97. The second kappa shape index (κ2) is 2.06. The number of nitrogens with one attached hydrogen (secondary N) is 1. The molecule has 1 aliphatic rings. The van der Waals surface area contributed by atoms with E-state index >= 15 is 0 Å². The molecule has 0 saturated carbocycles. The summed E-state index contributed by atoms with van der Waals surface area (Å²) in [7, 11) is 0. The number of hydrogen-bond acceptors (Lipinski definition) is 2. The van der Waals surface area contributed by atoms with E-state index in [1.807, 2.05) is 17.5 Å². The third-order valence-corrected chi connectivity index (χ3v) is 2.49. The molecule has 0 unspecified atom stereocenters. The predicted molar refractivity (Wildman–Crippen MR) is 44.8 cm³/mol. The molecule has 0 atom stereocenters. The minimum atomic E-state index is 0.749. The van der Waals surface area contributed by atoms with Crippen molar-refractivity contribution in [3.8, 4) is 0 Å². The first-order valence-electron chi connectivity index (χ1n) is 3.20. The Labute approximate surface area is 63.5 Å². The molecule has 1 heterocycles. The fourth-order valence-corrected chi connectivity index (χ4v) is 1.94. The molecule has 1 N–H and O–H groups in total. The Morgan fingerprint density at radius 2 is 2.40 bits per heavy atom. The fraction of sp³-hybridized carbons (Fsp3) is 0.125. The lowest BCUT2D eigenvalue weighted by Crippen LogP contribution is -1.99. The molecule has 0 amide bonds. The Bertz CT molecular complexity index is 296. The van der Waals surface area contributed by atoms with E-state index in [9.17, 15) is 0 Å². The monoisotopic (exact) mass is 149 g/mol. The Hall–Kier alpha value is -0.890. The van der Waals surface area contributed by atoms with E-state index in [-0.39, 0.29) is 0 Å². The van der Waals surface area contributed by atoms with Gasteiger partial charge in [0, 0.05) is 22.6 Å². The van der Waals surface area contributed by atoms with E-state index < -0.39 is 0 Å². The van der Waals surface area contributed by atoms with Crippen LogP contribution in [-0.4, -0.2) is 5.71 Å². The normalized spacial score (nSPS) is 15.4. The van der Waals surface area contributed by atoms with Crippen LogP contribution in [0.15, 0.2) is 17.5 Å². The highest BCUT2D eigenvalue weighted by atomic mass is 32.1. The summed E-state index contributed by atoms with van der Waals surface area (Å²) < 4.78 is 0. The van der Waals surface area contributed by atoms with Gasteiger partial charge < -0.3 is 5.41 Å². The summed E-state index contributed by atoms with van der Waals surface area (Å²) >= 11 is 1.70. The van der Waals surface area contributed by atoms with Crippen LogP contribution in [0, 0.1) is 5.41 Å². The number of fused-ring (bicyclic) bond motifs is 1. The van der Waals surface area contributed by atoms with Crippen molar-refractivity contribution in [3.05, 3.63) is 28.0 Å². The smallest absolute Gasteiger partial charge is 0.0438 e. The quantitative estimate of drug-likeness (QED) is 0.586. The van der Waals surface area contributed by atoms with E-state index in [0.717, 1.165) is 17.7 Å². The fourth-order valence-electron chi connectivity index (χ4n) is 1.09. The van der Waals surface area contributed by atoms with Crippen LogP contribution in [0.1, 0.15) is 16.9 Å². The second-order valence-electron chi connectivity index (χ2n) is 2.28. The molecule has 10 heavy (non-hydrogen) atoms. The first kappa shape index (κ1) is 5.86. The molecular weight excluding hydrogens is 142 g/mol. The molecule has 0 aliphatic heterocycles. The molecule has 2 rings (SSSR count). The molecule has 0 spiro atoms. The Morgan fingerprint density at radius 3 is 3.20 bits per heavy atom. The Morgan fingerprint density at radius 1 is 1.50 bits per heavy atom. The van der Waals surface area contributed by atoms with Crippen LogP contribution in [0.25, 0.3) is 6.08 Å². The van der Waals surface area contributed by atoms with Crippen LogP contribution in [-0.2, 0) is 0 Å². The molecule has 0 bridgehead atoms. The maximum absolute atomic E-state index is 7.54. The van der Waals surface area contributed by atoms with Gasteiger partial charge in [-0.05, 0) is 17.5 Å².